The summed E-state index contributed by atoms with van der Waals surface area (Å²) in [5.41, 5.74) is 1.63. The Labute approximate surface area is 129 Å². The Morgan fingerprint density at radius 1 is 1.00 bits per heavy atom. The zero-order valence-electron chi connectivity index (χ0n) is 12.4. The van der Waals surface area contributed by atoms with Crippen LogP contribution in [0.3, 0.4) is 0 Å². The normalized spacial score (nSPS) is 11.0. The van der Waals surface area contributed by atoms with Gasteiger partial charge in [-0.3, -0.25) is 0 Å². The predicted octanol–water partition coefficient (Wildman–Crippen LogP) is 2.22. The molecule has 0 spiro atoms. The first kappa shape index (κ1) is 16.0. The lowest BCUT2D eigenvalue weighted by molar-refractivity contribution is 0.111. The fourth-order valence-corrected chi connectivity index (χ4v) is 1.97. The maximum absolute atomic E-state index is 11.9. The number of carbonyl (C=O) groups excluding carboxylic acids is 1. The van der Waals surface area contributed by atoms with E-state index in [2.05, 4.69) is 10.6 Å². The molecule has 4 N–H and O–H groups in total. The number of benzene rings is 2. The second-order valence-corrected chi connectivity index (χ2v) is 5.40. The molecule has 0 fully saturated rings. The van der Waals surface area contributed by atoms with E-state index >= 15 is 0 Å². The van der Waals surface area contributed by atoms with Crippen molar-refractivity contribution in [2.24, 2.45) is 0 Å². The molecule has 2 aromatic carbocycles. The van der Waals surface area contributed by atoms with Gasteiger partial charge in [-0.15, -0.1) is 0 Å². The first-order valence-corrected chi connectivity index (χ1v) is 7.03. The highest BCUT2D eigenvalue weighted by Crippen LogP contribution is 2.22. The van der Waals surface area contributed by atoms with Gasteiger partial charge in [-0.25, -0.2) is 4.79 Å². The zero-order chi connectivity index (χ0) is 16.0. The third kappa shape index (κ3) is 4.07. The third-order valence-corrected chi connectivity index (χ3v) is 3.34. The number of aliphatic hydroxyl groups excluding tert-OH is 2. The van der Waals surface area contributed by atoms with E-state index in [1.807, 2.05) is 48.5 Å². The van der Waals surface area contributed by atoms with E-state index in [1.165, 1.54) is 0 Å². The van der Waals surface area contributed by atoms with Gasteiger partial charge in [0, 0.05) is 5.69 Å². The number of carbonyl (C=O) groups is 1. The first-order valence-electron chi connectivity index (χ1n) is 7.03. The Bertz CT molecular complexity index is 625. The van der Waals surface area contributed by atoms with Crippen LogP contribution in [0, 0.1) is 0 Å². The topological polar surface area (TPSA) is 81.6 Å². The monoisotopic (exact) mass is 300 g/mol. The lowest BCUT2D eigenvalue weighted by Crippen LogP contribution is -2.53. The SMILES string of the molecule is CC(CO)(CO)NC(=O)Nc1cccc(-c2ccccc2)c1. The van der Waals surface area contributed by atoms with Crippen molar-refractivity contribution in [3.05, 3.63) is 54.6 Å². The number of rotatable bonds is 5. The predicted molar refractivity (Wildman–Crippen MR) is 86.6 cm³/mol. The van der Waals surface area contributed by atoms with Crippen LogP contribution in [0.2, 0.25) is 0 Å². The number of hydrogen-bond acceptors (Lipinski definition) is 3. The second-order valence-electron chi connectivity index (χ2n) is 5.40. The summed E-state index contributed by atoms with van der Waals surface area (Å²) in [4.78, 5) is 11.9. The molecule has 0 heterocycles. The van der Waals surface area contributed by atoms with Gasteiger partial charge in [0.15, 0.2) is 0 Å². The molecule has 0 aliphatic heterocycles. The quantitative estimate of drug-likeness (QED) is 0.683. The Morgan fingerprint density at radius 2 is 1.64 bits per heavy atom. The molecule has 0 atom stereocenters. The van der Waals surface area contributed by atoms with Gasteiger partial charge in [-0.1, -0.05) is 42.5 Å². The smallest absolute Gasteiger partial charge is 0.319 e. The van der Waals surface area contributed by atoms with Gasteiger partial charge in [0.1, 0.15) is 0 Å². The molecule has 2 rings (SSSR count). The lowest BCUT2D eigenvalue weighted by atomic mass is 10.1. The van der Waals surface area contributed by atoms with Crippen molar-refractivity contribution in [3.63, 3.8) is 0 Å². The molecule has 2 amide bonds. The standard InChI is InChI=1S/C17H20N2O3/c1-17(11-20,12-21)19-16(22)18-15-9-5-8-14(10-15)13-6-3-2-4-7-13/h2-10,20-21H,11-12H2,1H3,(H2,18,19,22). The van der Waals surface area contributed by atoms with Crippen LogP contribution in [-0.4, -0.2) is 35.0 Å². The number of nitrogens with one attached hydrogen (secondary N) is 2. The second kappa shape index (κ2) is 7.06. The number of anilines is 1. The minimum Gasteiger partial charge on any atom is -0.394 e. The van der Waals surface area contributed by atoms with Crippen molar-refractivity contribution in [2.45, 2.75) is 12.5 Å². The van der Waals surface area contributed by atoms with Crippen LogP contribution in [0.25, 0.3) is 11.1 Å². The highest BCUT2D eigenvalue weighted by atomic mass is 16.3. The van der Waals surface area contributed by atoms with Crippen LogP contribution in [0.15, 0.2) is 54.6 Å². The van der Waals surface area contributed by atoms with Crippen LogP contribution in [0.4, 0.5) is 10.5 Å². The molecule has 0 aromatic heterocycles. The van der Waals surface area contributed by atoms with Crippen molar-refractivity contribution in [1.29, 1.82) is 0 Å². The van der Waals surface area contributed by atoms with E-state index in [1.54, 1.807) is 13.0 Å². The zero-order valence-corrected chi connectivity index (χ0v) is 12.4. The van der Waals surface area contributed by atoms with E-state index in [9.17, 15) is 15.0 Å². The molecule has 116 valence electrons. The molecule has 0 aliphatic carbocycles. The van der Waals surface area contributed by atoms with Crippen molar-refractivity contribution in [2.75, 3.05) is 18.5 Å². The van der Waals surface area contributed by atoms with Gasteiger partial charge in [0.2, 0.25) is 0 Å². The minimum absolute atomic E-state index is 0.346. The van der Waals surface area contributed by atoms with Gasteiger partial charge < -0.3 is 20.8 Å². The van der Waals surface area contributed by atoms with Crippen LogP contribution < -0.4 is 10.6 Å². The summed E-state index contributed by atoms with van der Waals surface area (Å²) >= 11 is 0. The van der Waals surface area contributed by atoms with Crippen LogP contribution in [-0.2, 0) is 0 Å². The number of amides is 2. The molecule has 0 bridgehead atoms. The van der Waals surface area contributed by atoms with Gasteiger partial charge in [0.25, 0.3) is 0 Å². The lowest BCUT2D eigenvalue weighted by Gasteiger charge is -2.26. The molecular formula is C17H20N2O3. The minimum atomic E-state index is -1.05. The molecule has 0 saturated carbocycles. The molecule has 0 aliphatic rings. The first-order chi connectivity index (χ1) is 10.6. The summed E-state index contributed by atoms with van der Waals surface area (Å²) in [5.74, 6) is 0. The van der Waals surface area contributed by atoms with Crippen molar-refractivity contribution < 1.29 is 15.0 Å². The van der Waals surface area contributed by atoms with E-state index in [4.69, 9.17) is 0 Å². The molecule has 22 heavy (non-hydrogen) atoms. The maximum Gasteiger partial charge on any atom is 0.319 e. The molecule has 2 aromatic rings. The summed E-state index contributed by atoms with van der Waals surface area (Å²) in [5, 5.41) is 23.6. The Kier molecular flexibility index (Phi) is 5.14. The van der Waals surface area contributed by atoms with E-state index in [0.29, 0.717) is 5.69 Å². The van der Waals surface area contributed by atoms with Gasteiger partial charge >= 0.3 is 6.03 Å². The molecule has 0 saturated heterocycles. The Hall–Kier alpha value is -2.37. The summed E-state index contributed by atoms with van der Waals surface area (Å²) in [6, 6.07) is 16.8. The summed E-state index contributed by atoms with van der Waals surface area (Å²) in [6.07, 6.45) is 0. The van der Waals surface area contributed by atoms with Crippen molar-refractivity contribution >= 4 is 11.7 Å². The molecular weight excluding hydrogens is 280 g/mol. The van der Waals surface area contributed by atoms with E-state index in [-0.39, 0.29) is 13.2 Å². The molecule has 5 heteroatoms. The number of hydrogen-bond donors (Lipinski definition) is 4. The summed E-state index contributed by atoms with van der Waals surface area (Å²) < 4.78 is 0. The average molecular weight is 300 g/mol. The molecule has 0 unspecified atom stereocenters. The van der Waals surface area contributed by atoms with Gasteiger partial charge in [-0.2, -0.15) is 0 Å². The summed E-state index contributed by atoms with van der Waals surface area (Å²) in [6.45, 7) is 0.870. The third-order valence-electron chi connectivity index (χ3n) is 3.34. The Balaban J connectivity index is 2.09. The fraction of sp³-hybridized carbons (Fsp3) is 0.235. The summed E-state index contributed by atoms with van der Waals surface area (Å²) in [7, 11) is 0. The highest BCUT2D eigenvalue weighted by Gasteiger charge is 2.24. The van der Waals surface area contributed by atoms with Gasteiger partial charge in [-0.05, 0) is 30.2 Å². The van der Waals surface area contributed by atoms with E-state index in [0.717, 1.165) is 11.1 Å². The fourth-order valence-electron chi connectivity index (χ4n) is 1.97. The molecule has 0 radical (unpaired) electrons. The van der Waals surface area contributed by atoms with Gasteiger partial charge in [0.05, 0.1) is 18.8 Å². The molecule has 5 nitrogen and oxygen atoms in total. The van der Waals surface area contributed by atoms with Crippen LogP contribution in [0.5, 0.6) is 0 Å². The van der Waals surface area contributed by atoms with Crippen LogP contribution in [0.1, 0.15) is 6.92 Å². The largest absolute Gasteiger partial charge is 0.394 e. The number of aliphatic hydroxyl groups is 2. The number of urea groups is 1. The highest BCUT2D eigenvalue weighted by molar-refractivity contribution is 5.90. The van der Waals surface area contributed by atoms with E-state index < -0.39 is 11.6 Å². The Morgan fingerprint density at radius 3 is 2.27 bits per heavy atom. The van der Waals surface area contributed by atoms with Crippen molar-refractivity contribution in [1.82, 2.24) is 5.32 Å². The van der Waals surface area contributed by atoms with Crippen LogP contribution >= 0.6 is 0 Å². The average Bonchev–Trinajstić information content (AvgIpc) is 2.55. The maximum atomic E-state index is 11.9. The van der Waals surface area contributed by atoms with Crippen molar-refractivity contribution in [3.8, 4) is 11.1 Å².